The second-order valence-corrected chi connectivity index (χ2v) is 5.78. The molecule has 1 aromatic carbocycles. The number of anilines is 1. The van der Waals surface area contributed by atoms with Gasteiger partial charge in [0.25, 0.3) is 0 Å². The number of piperidine rings is 1. The van der Waals surface area contributed by atoms with Gasteiger partial charge in [-0.2, -0.15) is 0 Å². The van der Waals surface area contributed by atoms with Crippen molar-refractivity contribution in [3.05, 3.63) is 28.8 Å². The van der Waals surface area contributed by atoms with E-state index in [-0.39, 0.29) is 5.91 Å². The maximum Gasteiger partial charge on any atom is 0.238 e. The highest BCUT2D eigenvalue weighted by Crippen LogP contribution is 2.22. The SMILES string of the molecule is Cc1c(Cl)cccc1NC(=O)CN(C)C1CCCNC1. The van der Waals surface area contributed by atoms with Gasteiger partial charge in [0.1, 0.15) is 0 Å². The molecule has 1 saturated heterocycles. The molecule has 4 nitrogen and oxygen atoms in total. The molecular formula is C15H22ClN3O. The molecule has 1 aliphatic rings. The number of carbonyl (C=O) groups is 1. The second-order valence-electron chi connectivity index (χ2n) is 5.38. The number of rotatable bonds is 4. The number of likely N-dealkylation sites (N-methyl/N-ethyl adjacent to an activating group) is 1. The van der Waals surface area contributed by atoms with Crippen molar-refractivity contribution in [2.75, 3.05) is 32.0 Å². The first-order chi connectivity index (χ1) is 9.58. The average Bonchev–Trinajstić information content (AvgIpc) is 2.45. The average molecular weight is 296 g/mol. The summed E-state index contributed by atoms with van der Waals surface area (Å²) >= 11 is 6.05. The molecule has 0 aliphatic carbocycles. The largest absolute Gasteiger partial charge is 0.325 e. The van der Waals surface area contributed by atoms with Gasteiger partial charge >= 0.3 is 0 Å². The summed E-state index contributed by atoms with van der Waals surface area (Å²) < 4.78 is 0. The Hall–Kier alpha value is -1.10. The Balaban J connectivity index is 1.90. The number of hydrogen-bond acceptors (Lipinski definition) is 3. The smallest absolute Gasteiger partial charge is 0.238 e. The van der Waals surface area contributed by atoms with E-state index in [1.54, 1.807) is 0 Å². The number of nitrogens with zero attached hydrogens (tertiary/aromatic N) is 1. The van der Waals surface area contributed by atoms with Gasteiger partial charge in [0.15, 0.2) is 0 Å². The standard InChI is InChI=1S/C15H22ClN3O/c1-11-13(16)6-3-7-14(11)18-15(20)10-19(2)12-5-4-8-17-9-12/h3,6-7,12,17H,4-5,8-10H2,1-2H3,(H,18,20). The van der Waals surface area contributed by atoms with Crippen molar-refractivity contribution in [1.82, 2.24) is 10.2 Å². The van der Waals surface area contributed by atoms with Crippen molar-refractivity contribution >= 4 is 23.2 Å². The van der Waals surface area contributed by atoms with Gasteiger partial charge in [0.05, 0.1) is 6.54 Å². The molecular weight excluding hydrogens is 274 g/mol. The topological polar surface area (TPSA) is 44.4 Å². The van der Waals surface area contributed by atoms with E-state index in [0.29, 0.717) is 17.6 Å². The van der Waals surface area contributed by atoms with Crippen LogP contribution in [0, 0.1) is 6.92 Å². The van der Waals surface area contributed by atoms with Crippen LogP contribution in [0.5, 0.6) is 0 Å². The van der Waals surface area contributed by atoms with Gasteiger partial charge in [0.2, 0.25) is 5.91 Å². The van der Waals surface area contributed by atoms with E-state index in [1.165, 1.54) is 6.42 Å². The summed E-state index contributed by atoms with van der Waals surface area (Å²) in [5.74, 6) is 0.00319. The molecule has 5 heteroatoms. The zero-order valence-corrected chi connectivity index (χ0v) is 12.8. The van der Waals surface area contributed by atoms with Gasteiger partial charge in [-0.05, 0) is 51.1 Å². The van der Waals surface area contributed by atoms with Crippen molar-refractivity contribution in [3.63, 3.8) is 0 Å². The fraction of sp³-hybridized carbons (Fsp3) is 0.533. The van der Waals surface area contributed by atoms with Crippen LogP contribution >= 0.6 is 11.6 Å². The highest BCUT2D eigenvalue weighted by atomic mass is 35.5. The Morgan fingerprint density at radius 1 is 1.55 bits per heavy atom. The van der Waals surface area contributed by atoms with Crippen molar-refractivity contribution in [2.24, 2.45) is 0 Å². The van der Waals surface area contributed by atoms with Crippen LogP contribution in [-0.2, 0) is 4.79 Å². The van der Waals surface area contributed by atoms with Crippen molar-refractivity contribution in [2.45, 2.75) is 25.8 Å². The molecule has 1 unspecified atom stereocenters. The molecule has 2 N–H and O–H groups in total. The molecule has 1 aliphatic heterocycles. The molecule has 2 rings (SSSR count). The number of amides is 1. The first kappa shape index (κ1) is 15.3. The van der Waals surface area contributed by atoms with E-state index >= 15 is 0 Å². The van der Waals surface area contributed by atoms with Gasteiger partial charge in [-0.1, -0.05) is 17.7 Å². The summed E-state index contributed by atoms with van der Waals surface area (Å²) in [6, 6.07) is 5.99. The van der Waals surface area contributed by atoms with Crippen LogP contribution < -0.4 is 10.6 Å². The van der Waals surface area contributed by atoms with Crippen LogP contribution in [0.2, 0.25) is 5.02 Å². The van der Waals surface area contributed by atoms with Crippen LogP contribution in [0.4, 0.5) is 5.69 Å². The molecule has 1 fully saturated rings. The molecule has 1 aromatic rings. The van der Waals surface area contributed by atoms with E-state index in [0.717, 1.165) is 30.8 Å². The molecule has 0 radical (unpaired) electrons. The molecule has 1 amide bonds. The van der Waals surface area contributed by atoms with E-state index in [4.69, 9.17) is 11.6 Å². The molecule has 0 saturated carbocycles. The predicted molar refractivity (Wildman–Crippen MR) is 83.3 cm³/mol. The van der Waals surface area contributed by atoms with E-state index in [9.17, 15) is 4.79 Å². The lowest BCUT2D eigenvalue weighted by molar-refractivity contribution is -0.117. The highest BCUT2D eigenvalue weighted by molar-refractivity contribution is 6.31. The van der Waals surface area contributed by atoms with Crippen molar-refractivity contribution < 1.29 is 4.79 Å². The third kappa shape index (κ3) is 3.95. The summed E-state index contributed by atoms with van der Waals surface area (Å²) in [6.45, 7) is 4.35. The molecule has 1 heterocycles. The summed E-state index contributed by atoms with van der Waals surface area (Å²) in [5.41, 5.74) is 1.70. The third-order valence-electron chi connectivity index (χ3n) is 3.83. The minimum absolute atomic E-state index is 0.00319. The van der Waals surface area contributed by atoms with Crippen LogP contribution in [0.25, 0.3) is 0 Å². The van der Waals surface area contributed by atoms with Crippen LogP contribution in [0.1, 0.15) is 18.4 Å². The third-order valence-corrected chi connectivity index (χ3v) is 4.24. The number of carbonyl (C=O) groups excluding carboxylic acids is 1. The lowest BCUT2D eigenvalue weighted by atomic mass is 10.1. The quantitative estimate of drug-likeness (QED) is 0.896. The van der Waals surface area contributed by atoms with Crippen LogP contribution in [-0.4, -0.2) is 43.5 Å². The summed E-state index contributed by atoms with van der Waals surface area (Å²) in [4.78, 5) is 14.2. The fourth-order valence-electron chi connectivity index (χ4n) is 2.50. The number of halogens is 1. The van der Waals surface area contributed by atoms with Gasteiger partial charge in [-0.3, -0.25) is 9.69 Å². The van der Waals surface area contributed by atoms with Crippen molar-refractivity contribution in [3.8, 4) is 0 Å². The zero-order chi connectivity index (χ0) is 14.5. The van der Waals surface area contributed by atoms with Gasteiger partial charge < -0.3 is 10.6 Å². The van der Waals surface area contributed by atoms with Gasteiger partial charge in [-0.25, -0.2) is 0 Å². The number of benzene rings is 1. The maximum absolute atomic E-state index is 12.1. The van der Waals surface area contributed by atoms with Crippen LogP contribution in [0.15, 0.2) is 18.2 Å². The minimum atomic E-state index is 0.00319. The predicted octanol–water partition coefficient (Wildman–Crippen LogP) is 2.27. The summed E-state index contributed by atoms with van der Waals surface area (Å²) in [6.07, 6.45) is 2.32. The summed E-state index contributed by atoms with van der Waals surface area (Å²) in [7, 11) is 2.00. The van der Waals surface area contributed by atoms with Crippen LogP contribution in [0.3, 0.4) is 0 Å². The van der Waals surface area contributed by atoms with Gasteiger partial charge in [0, 0.05) is 23.3 Å². The normalized spacial score (nSPS) is 19.1. The molecule has 0 aromatic heterocycles. The minimum Gasteiger partial charge on any atom is -0.325 e. The number of nitrogens with one attached hydrogen (secondary N) is 2. The Kier molecular flexibility index (Phi) is 5.40. The Labute approximate surface area is 125 Å². The highest BCUT2D eigenvalue weighted by Gasteiger charge is 2.19. The second kappa shape index (κ2) is 7.07. The molecule has 0 spiro atoms. The van der Waals surface area contributed by atoms with Crippen molar-refractivity contribution in [1.29, 1.82) is 0 Å². The maximum atomic E-state index is 12.1. The zero-order valence-electron chi connectivity index (χ0n) is 12.1. The molecule has 1 atom stereocenters. The Bertz CT molecular complexity index is 472. The summed E-state index contributed by atoms with van der Waals surface area (Å²) in [5, 5.41) is 6.97. The Morgan fingerprint density at radius 2 is 2.35 bits per heavy atom. The first-order valence-electron chi connectivity index (χ1n) is 7.04. The number of hydrogen-bond donors (Lipinski definition) is 2. The van der Waals surface area contributed by atoms with E-state index in [2.05, 4.69) is 15.5 Å². The molecule has 20 heavy (non-hydrogen) atoms. The lowest BCUT2D eigenvalue weighted by Crippen LogP contribution is -2.46. The van der Waals surface area contributed by atoms with E-state index < -0.39 is 0 Å². The fourth-order valence-corrected chi connectivity index (χ4v) is 2.67. The Morgan fingerprint density at radius 3 is 3.05 bits per heavy atom. The molecule has 110 valence electrons. The van der Waals surface area contributed by atoms with Gasteiger partial charge in [-0.15, -0.1) is 0 Å². The first-order valence-corrected chi connectivity index (χ1v) is 7.41. The monoisotopic (exact) mass is 295 g/mol. The van der Waals surface area contributed by atoms with E-state index in [1.807, 2.05) is 32.2 Å². The molecule has 0 bridgehead atoms. The lowest BCUT2D eigenvalue weighted by Gasteiger charge is -2.31.